The molecule has 4 heteroatoms. The Bertz CT molecular complexity index is 241. The monoisotopic (exact) mass is 324 g/mol. The van der Waals surface area contributed by atoms with Crippen LogP contribution >= 0.6 is 24.8 Å². The maximum Gasteiger partial charge on any atom is -0.000654 e. The van der Waals surface area contributed by atoms with Crippen LogP contribution in [0, 0.1) is 11.3 Å². The third-order valence-electron chi connectivity index (χ3n) is 5.33. The number of likely N-dealkylation sites (tertiary alicyclic amines) is 1. The van der Waals surface area contributed by atoms with Gasteiger partial charge in [0.05, 0.1) is 0 Å². The summed E-state index contributed by atoms with van der Waals surface area (Å²) in [4.78, 5) is 5.00. The fourth-order valence-electron chi connectivity index (χ4n) is 3.74. The molecular weight excluding hydrogens is 291 g/mol. The number of rotatable bonds is 4. The van der Waals surface area contributed by atoms with Gasteiger partial charge in [0.2, 0.25) is 0 Å². The Morgan fingerprint density at radius 3 is 2.05 bits per heavy atom. The third-order valence-corrected chi connectivity index (χ3v) is 5.33. The standard InChI is InChI=1S/C16H32N2.2ClH/c1-15-5-7-16(8-6-15)9-13-18(14-10-16)12-4-11-17(2)3;;/h15H,4-14H2,1-3H3;2*1H. The molecule has 2 nitrogen and oxygen atoms in total. The molecule has 0 radical (unpaired) electrons. The molecular formula is C16H34Cl2N2. The van der Waals surface area contributed by atoms with E-state index in [0.29, 0.717) is 0 Å². The molecule has 1 heterocycles. The molecule has 0 aromatic carbocycles. The SMILES string of the molecule is CC1CCC2(CC1)CCN(CCCN(C)C)CC2.Cl.Cl. The Kier molecular flexibility index (Phi) is 9.74. The topological polar surface area (TPSA) is 6.48 Å². The molecule has 0 aromatic rings. The Balaban J connectivity index is 0.00000180. The van der Waals surface area contributed by atoms with Crippen LogP contribution in [-0.4, -0.2) is 50.1 Å². The highest BCUT2D eigenvalue weighted by atomic mass is 35.5. The molecule has 1 saturated heterocycles. The van der Waals surface area contributed by atoms with Crippen LogP contribution in [0.4, 0.5) is 0 Å². The van der Waals surface area contributed by atoms with Crippen molar-refractivity contribution in [2.75, 3.05) is 40.3 Å². The summed E-state index contributed by atoms with van der Waals surface area (Å²) in [5.74, 6) is 0.994. The maximum atomic E-state index is 2.70. The largest absolute Gasteiger partial charge is 0.309 e. The van der Waals surface area contributed by atoms with Crippen molar-refractivity contribution in [1.29, 1.82) is 0 Å². The van der Waals surface area contributed by atoms with Crippen molar-refractivity contribution in [3.63, 3.8) is 0 Å². The van der Waals surface area contributed by atoms with Crippen molar-refractivity contribution in [2.45, 2.75) is 51.9 Å². The van der Waals surface area contributed by atoms with Gasteiger partial charge in [-0.25, -0.2) is 0 Å². The van der Waals surface area contributed by atoms with Crippen LogP contribution in [0.25, 0.3) is 0 Å². The lowest BCUT2D eigenvalue weighted by Gasteiger charge is -2.45. The van der Waals surface area contributed by atoms with E-state index in [-0.39, 0.29) is 24.8 Å². The smallest absolute Gasteiger partial charge is 0.000654 e. The van der Waals surface area contributed by atoms with Gasteiger partial charge >= 0.3 is 0 Å². The number of halogens is 2. The molecule has 2 rings (SSSR count). The van der Waals surface area contributed by atoms with Crippen LogP contribution in [0.15, 0.2) is 0 Å². The minimum Gasteiger partial charge on any atom is -0.309 e. The van der Waals surface area contributed by atoms with Crippen molar-refractivity contribution in [3.8, 4) is 0 Å². The van der Waals surface area contributed by atoms with Crippen molar-refractivity contribution >= 4 is 24.8 Å². The van der Waals surface area contributed by atoms with E-state index in [4.69, 9.17) is 0 Å². The lowest BCUT2D eigenvalue weighted by molar-refractivity contribution is 0.0537. The second kappa shape index (κ2) is 9.50. The molecule has 0 aromatic heterocycles. The van der Waals surface area contributed by atoms with Crippen LogP contribution in [0.1, 0.15) is 51.9 Å². The van der Waals surface area contributed by atoms with Gasteiger partial charge in [0.25, 0.3) is 0 Å². The zero-order valence-electron chi connectivity index (χ0n) is 13.6. The molecule has 122 valence electrons. The predicted molar refractivity (Wildman–Crippen MR) is 93.4 cm³/mol. The first-order valence-electron chi connectivity index (χ1n) is 7.97. The molecule has 0 bridgehead atoms. The Morgan fingerprint density at radius 1 is 1.00 bits per heavy atom. The van der Waals surface area contributed by atoms with E-state index in [9.17, 15) is 0 Å². The second-order valence-corrected chi connectivity index (χ2v) is 7.18. The highest BCUT2D eigenvalue weighted by Gasteiger charge is 2.36. The molecule has 1 aliphatic carbocycles. The van der Waals surface area contributed by atoms with Gasteiger partial charge in [-0.15, -0.1) is 24.8 Å². The van der Waals surface area contributed by atoms with Crippen molar-refractivity contribution in [2.24, 2.45) is 11.3 Å². The van der Waals surface area contributed by atoms with Crippen LogP contribution in [0.3, 0.4) is 0 Å². The first kappa shape index (κ1) is 20.5. The van der Waals surface area contributed by atoms with E-state index >= 15 is 0 Å². The van der Waals surface area contributed by atoms with Crippen molar-refractivity contribution in [1.82, 2.24) is 9.80 Å². The number of hydrogen-bond acceptors (Lipinski definition) is 2. The van der Waals surface area contributed by atoms with Crippen LogP contribution in [0.5, 0.6) is 0 Å². The predicted octanol–water partition coefficient (Wildman–Crippen LogP) is 4.07. The van der Waals surface area contributed by atoms with E-state index in [0.717, 1.165) is 11.3 Å². The molecule has 0 unspecified atom stereocenters. The van der Waals surface area contributed by atoms with Crippen LogP contribution in [-0.2, 0) is 0 Å². The zero-order chi connectivity index (χ0) is 13.0. The highest BCUT2D eigenvalue weighted by Crippen LogP contribution is 2.46. The van der Waals surface area contributed by atoms with E-state index in [1.165, 1.54) is 71.1 Å². The maximum absolute atomic E-state index is 2.70. The lowest BCUT2D eigenvalue weighted by Crippen LogP contribution is -2.42. The van der Waals surface area contributed by atoms with E-state index < -0.39 is 0 Å². The van der Waals surface area contributed by atoms with Gasteiger partial charge in [0, 0.05) is 0 Å². The number of piperidine rings is 1. The molecule has 1 saturated carbocycles. The summed E-state index contributed by atoms with van der Waals surface area (Å²) < 4.78 is 0. The van der Waals surface area contributed by atoms with Crippen LogP contribution < -0.4 is 0 Å². The quantitative estimate of drug-likeness (QED) is 0.769. The summed E-state index contributed by atoms with van der Waals surface area (Å²) in [6.07, 6.45) is 10.3. The second-order valence-electron chi connectivity index (χ2n) is 7.18. The summed E-state index contributed by atoms with van der Waals surface area (Å²) in [6, 6.07) is 0. The molecule has 20 heavy (non-hydrogen) atoms. The summed E-state index contributed by atoms with van der Waals surface area (Å²) in [7, 11) is 4.35. The fraction of sp³-hybridized carbons (Fsp3) is 1.00. The third kappa shape index (κ3) is 6.09. The first-order valence-corrected chi connectivity index (χ1v) is 7.97. The average molecular weight is 325 g/mol. The Morgan fingerprint density at radius 2 is 1.55 bits per heavy atom. The van der Waals surface area contributed by atoms with E-state index in [2.05, 4.69) is 30.8 Å². The number of hydrogen-bond donors (Lipinski definition) is 0. The van der Waals surface area contributed by atoms with Crippen LogP contribution in [0.2, 0.25) is 0 Å². The van der Waals surface area contributed by atoms with Gasteiger partial charge in [0.15, 0.2) is 0 Å². The fourth-order valence-corrected chi connectivity index (χ4v) is 3.74. The van der Waals surface area contributed by atoms with Crippen molar-refractivity contribution < 1.29 is 0 Å². The summed E-state index contributed by atoms with van der Waals surface area (Å²) in [6.45, 7) is 7.71. The Hall–Kier alpha value is 0.500. The molecule has 0 N–H and O–H groups in total. The van der Waals surface area contributed by atoms with Gasteiger partial charge in [-0.3, -0.25) is 0 Å². The van der Waals surface area contributed by atoms with Gasteiger partial charge in [-0.05, 0) is 83.7 Å². The minimum atomic E-state index is 0. The normalized spacial score (nSPS) is 23.4. The first-order chi connectivity index (χ1) is 8.60. The molecule has 1 spiro atoms. The van der Waals surface area contributed by atoms with Gasteiger partial charge in [0.1, 0.15) is 0 Å². The summed E-state index contributed by atoms with van der Waals surface area (Å²) in [5, 5.41) is 0. The Labute approximate surface area is 138 Å². The van der Waals surface area contributed by atoms with Crippen molar-refractivity contribution in [3.05, 3.63) is 0 Å². The molecule has 0 atom stereocenters. The molecule has 2 fully saturated rings. The van der Waals surface area contributed by atoms with Gasteiger partial charge in [-0.1, -0.05) is 19.8 Å². The molecule has 2 aliphatic rings. The summed E-state index contributed by atoms with van der Waals surface area (Å²) in [5.41, 5.74) is 0.755. The zero-order valence-corrected chi connectivity index (χ0v) is 15.2. The minimum absolute atomic E-state index is 0. The lowest BCUT2D eigenvalue weighted by atomic mass is 9.66. The highest BCUT2D eigenvalue weighted by molar-refractivity contribution is 5.85. The molecule has 0 amide bonds. The van der Waals surface area contributed by atoms with Gasteiger partial charge in [-0.2, -0.15) is 0 Å². The van der Waals surface area contributed by atoms with E-state index in [1.54, 1.807) is 0 Å². The average Bonchev–Trinajstić information content (AvgIpc) is 2.35. The summed E-state index contributed by atoms with van der Waals surface area (Å²) >= 11 is 0. The number of nitrogens with zero attached hydrogens (tertiary/aromatic N) is 2. The van der Waals surface area contributed by atoms with E-state index in [1.807, 2.05) is 0 Å². The molecule has 1 aliphatic heterocycles. The van der Waals surface area contributed by atoms with Gasteiger partial charge < -0.3 is 9.80 Å².